The van der Waals surface area contributed by atoms with Crippen LogP contribution in [0.4, 0.5) is 0 Å². The van der Waals surface area contributed by atoms with E-state index < -0.39 is 0 Å². The van der Waals surface area contributed by atoms with Crippen LogP contribution in [-0.2, 0) is 0 Å². The van der Waals surface area contributed by atoms with Crippen LogP contribution in [-0.4, -0.2) is 16.5 Å². The molecule has 0 aromatic carbocycles. The third-order valence-electron chi connectivity index (χ3n) is 4.04. The molecule has 1 heterocycles. The van der Waals surface area contributed by atoms with Gasteiger partial charge in [0.1, 0.15) is 5.69 Å². The third kappa shape index (κ3) is 4.11. The lowest BCUT2D eigenvalue weighted by molar-refractivity contribution is 0.0919. The van der Waals surface area contributed by atoms with Crippen molar-refractivity contribution >= 4 is 21.8 Å². The monoisotopic (exact) mass is 340 g/mol. The molecule has 0 saturated heterocycles. The van der Waals surface area contributed by atoms with Gasteiger partial charge in [0.2, 0.25) is 0 Å². The van der Waals surface area contributed by atoms with Gasteiger partial charge >= 0.3 is 0 Å². The molecule has 20 heavy (non-hydrogen) atoms. The second kappa shape index (κ2) is 7.30. The van der Waals surface area contributed by atoms with Crippen LogP contribution in [0, 0.1) is 0 Å². The van der Waals surface area contributed by atoms with Gasteiger partial charge in [0.25, 0.3) is 5.91 Å². The summed E-state index contributed by atoms with van der Waals surface area (Å²) in [7, 11) is 0. The summed E-state index contributed by atoms with van der Waals surface area (Å²) in [5.74, 6) is 0.0648. The fraction of sp³-hybridized carbons (Fsp3) is 0.688. The van der Waals surface area contributed by atoms with Crippen LogP contribution in [0.15, 0.2) is 16.7 Å². The summed E-state index contributed by atoms with van der Waals surface area (Å²) in [6.07, 6.45) is 10.7. The van der Waals surface area contributed by atoms with Gasteiger partial charge in [-0.1, -0.05) is 32.1 Å². The van der Waals surface area contributed by atoms with Crippen LogP contribution < -0.4 is 5.32 Å². The largest absolute Gasteiger partial charge is 0.348 e. The van der Waals surface area contributed by atoms with Crippen molar-refractivity contribution in [1.82, 2.24) is 9.88 Å². The molecule has 0 spiro atoms. The van der Waals surface area contributed by atoms with E-state index in [0.717, 1.165) is 23.0 Å². The zero-order valence-corrected chi connectivity index (χ0v) is 14.1. The molecular weight excluding hydrogens is 316 g/mol. The highest BCUT2D eigenvalue weighted by Crippen LogP contribution is 2.21. The highest BCUT2D eigenvalue weighted by atomic mass is 79.9. The molecule has 1 aliphatic carbocycles. The maximum absolute atomic E-state index is 12.5. The summed E-state index contributed by atoms with van der Waals surface area (Å²) in [6, 6.07) is 2.55. The minimum atomic E-state index is 0.0648. The van der Waals surface area contributed by atoms with E-state index in [1.807, 2.05) is 16.8 Å². The summed E-state index contributed by atoms with van der Waals surface area (Å²) >= 11 is 3.47. The molecule has 1 aliphatic rings. The van der Waals surface area contributed by atoms with Crippen LogP contribution in [0.25, 0.3) is 0 Å². The maximum atomic E-state index is 12.5. The predicted octanol–water partition coefficient (Wildman–Crippen LogP) is 4.67. The summed E-state index contributed by atoms with van der Waals surface area (Å²) in [4.78, 5) is 12.5. The van der Waals surface area contributed by atoms with Crippen LogP contribution >= 0.6 is 15.9 Å². The topological polar surface area (TPSA) is 34.0 Å². The molecule has 0 unspecified atom stereocenters. The number of rotatable bonds is 3. The molecule has 0 atom stereocenters. The Labute approximate surface area is 130 Å². The first-order chi connectivity index (χ1) is 9.58. The average Bonchev–Trinajstić information content (AvgIpc) is 2.75. The Morgan fingerprint density at radius 1 is 1.25 bits per heavy atom. The first kappa shape index (κ1) is 15.6. The molecule has 112 valence electrons. The van der Waals surface area contributed by atoms with Crippen molar-refractivity contribution in [2.45, 2.75) is 70.9 Å². The smallest absolute Gasteiger partial charge is 0.268 e. The number of carbonyl (C=O) groups excluding carboxylic acids is 1. The first-order valence-electron chi connectivity index (χ1n) is 7.76. The molecule has 1 N–H and O–H groups in total. The standard InChI is InChI=1S/C16H25BrN2O/c1-12(2)19-11-13(17)10-15(19)16(20)18-14-8-6-4-3-5-7-9-14/h10-12,14H,3-9H2,1-2H3,(H,18,20). The molecule has 1 amide bonds. The van der Waals surface area contributed by atoms with E-state index >= 15 is 0 Å². The van der Waals surface area contributed by atoms with Gasteiger partial charge in [-0.3, -0.25) is 4.79 Å². The van der Waals surface area contributed by atoms with Gasteiger partial charge in [-0.25, -0.2) is 0 Å². The number of hydrogen-bond donors (Lipinski definition) is 1. The van der Waals surface area contributed by atoms with Gasteiger partial charge in [-0.2, -0.15) is 0 Å². The fourth-order valence-electron chi connectivity index (χ4n) is 2.91. The van der Waals surface area contributed by atoms with E-state index in [0.29, 0.717) is 12.1 Å². The quantitative estimate of drug-likeness (QED) is 0.851. The van der Waals surface area contributed by atoms with Gasteiger partial charge in [-0.05, 0) is 48.7 Å². The molecule has 4 heteroatoms. The Bertz CT molecular complexity index is 445. The number of hydrogen-bond acceptors (Lipinski definition) is 1. The van der Waals surface area contributed by atoms with E-state index in [1.165, 1.54) is 32.1 Å². The number of nitrogens with zero attached hydrogens (tertiary/aromatic N) is 1. The molecule has 1 aromatic heterocycles. The summed E-state index contributed by atoms with van der Waals surface area (Å²) in [6.45, 7) is 4.19. The van der Waals surface area contributed by atoms with E-state index in [-0.39, 0.29) is 5.91 Å². The molecule has 0 bridgehead atoms. The van der Waals surface area contributed by atoms with Gasteiger partial charge in [0.15, 0.2) is 0 Å². The van der Waals surface area contributed by atoms with Crippen molar-refractivity contribution in [1.29, 1.82) is 0 Å². The lowest BCUT2D eigenvalue weighted by Gasteiger charge is -2.22. The Balaban J connectivity index is 2.03. The predicted molar refractivity (Wildman–Crippen MR) is 86.1 cm³/mol. The first-order valence-corrected chi connectivity index (χ1v) is 8.55. The summed E-state index contributed by atoms with van der Waals surface area (Å²) < 4.78 is 3.00. The number of halogens is 1. The van der Waals surface area contributed by atoms with Crippen LogP contribution in [0.2, 0.25) is 0 Å². The van der Waals surface area contributed by atoms with Crippen molar-refractivity contribution in [3.05, 3.63) is 22.4 Å². The Hall–Kier alpha value is -0.770. The molecule has 1 saturated carbocycles. The van der Waals surface area contributed by atoms with Gasteiger partial charge < -0.3 is 9.88 Å². The Kier molecular flexibility index (Phi) is 5.70. The normalized spacial score (nSPS) is 17.8. The number of nitrogens with one attached hydrogen (secondary N) is 1. The third-order valence-corrected chi connectivity index (χ3v) is 4.48. The lowest BCUT2D eigenvalue weighted by atomic mass is 9.96. The van der Waals surface area contributed by atoms with Crippen LogP contribution in [0.1, 0.15) is 75.3 Å². The van der Waals surface area contributed by atoms with Crippen molar-refractivity contribution < 1.29 is 4.79 Å². The van der Waals surface area contributed by atoms with Crippen molar-refractivity contribution in [3.8, 4) is 0 Å². The highest BCUT2D eigenvalue weighted by molar-refractivity contribution is 9.10. The second-order valence-electron chi connectivity index (χ2n) is 6.06. The number of amides is 1. The van der Waals surface area contributed by atoms with E-state index in [4.69, 9.17) is 0 Å². The second-order valence-corrected chi connectivity index (χ2v) is 6.98. The average molecular weight is 341 g/mol. The number of aromatic nitrogens is 1. The van der Waals surface area contributed by atoms with Gasteiger partial charge in [0, 0.05) is 22.8 Å². The Morgan fingerprint density at radius 3 is 2.45 bits per heavy atom. The molecule has 3 nitrogen and oxygen atoms in total. The van der Waals surface area contributed by atoms with E-state index in [9.17, 15) is 4.79 Å². The zero-order valence-electron chi connectivity index (χ0n) is 12.5. The molecule has 1 aromatic rings. The van der Waals surface area contributed by atoms with Crippen molar-refractivity contribution in [2.24, 2.45) is 0 Å². The molecule has 2 rings (SSSR count). The van der Waals surface area contributed by atoms with Crippen molar-refractivity contribution in [2.75, 3.05) is 0 Å². The minimum Gasteiger partial charge on any atom is -0.348 e. The summed E-state index contributed by atoms with van der Waals surface area (Å²) in [5.41, 5.74) is 0.758. The maximum Gasteiger partial charge on any atom is 0.268 e. The van der Waals surface area contributed by atoms with Gasteiger partial charge in [-0.15, -0.1) is 0 Å². The van der Waals surface area contributed by atoms with E-state index in [1.54, 1.807) is 0 Å². The molecule has 1 fully saturated rings. The highest BCUT2D eigenvalue weighted by Gasteiger charge is 2.19. The Morgan fingerprint density at radius 2 is 1.85 bits per heavy atom. The number of carbonyl (C=O) groups is 1. The van der Waals surface area contributed by atoms with Crippen molar-refractivity contribution in [3.63, 3.8) is 0 Å². The zero-order chi connectivity index (χ0) is 14.5. The SMILES string of the molecule is CC(C)n1cc(Br)cc1C(=O)NC1CCCCCCC1. The summed E-state index contributed by atoms with van der Waals surface area (Å²) in [5, 5.41) is 3.23. The van der Waals surface area contributed by atoms with Crippen LogP contribution in [0.5, 0.6) is 0 Å². The van der Waals surface area contributed by atoms with Crippen LogP contribution in [0.3, 0.4) is 0 Å². The minimum absolute atomic E-state index is 0.0648. The molecular formula is C16H25BrN2O. The lowest BCUT2D eigenvalue weighted by Crippen LogP contribution is -2.36. The van der Waals surface area contributed by atoms with E-state index in [2.05, 4.69) is 35.1 Å². The van der Waals surface area contributed by atoms with Gasteiger partial charge in [0.05, 0.1) is 0 Å². The molecule has 0 radical (unpaired) electrons. The molecule has 0 aliphatic heterocycles. The fourth-order valence-corrected chi connectivity index (χ4v) is 3.35.